The average molecular weight is 497 g/mol. The molecule has 3 aliphatic rings. The first-order chi connectivity index (χ1) is 15.8. The fourth-order valence-electron chi connectivity index (χ4n) is 4.30. The molecule has 1 N–H and O–H groups in total. The van der Waals surface area contributed by atoms with E-state index in [9.17, 15) is 23.1 Å². The summed E-state index contributed by atoms with van der Waals surface area (Å²) in [5.74, 6) is -3.73. The van der Waals surface area contributed by atoms with Crippen LogP contribution in [0.15, 0.2) is 34.9 Å². The van der Waals surface area contributed by atoms with E-state index in [1.165, 1.54) is 12.1 Å². The molecule has 0 bridgehead atoms. The van der Waals surface area contributed by atoms with Gasteiger partial charge >= 0.3 is 11.9 Å². The van der Waals surface area contributed by atoms with Crippen molar-refractivity contribution in [1.29, 1.82) is 0 Å². The van der Waals surface area contributed by atoms with Gasteiger partial charge in [0.05, 0.1) is 17.6 Å². The third-order valence-electron chi connectivity index (χ3n) is 6.13. The van der Waals surface area contributed by atoms with Gasteiger partial charge in [-0.2, -0.15) is 0 Å². The van der Waals surface area contributed by atoms with E-state index >= 15 is 0 Å². The number of esters is 1. The van der Waals surface area contributed by atoms with Crippen LogP contribution in [-0.2, 0) is 43.1 Å². The van der Waals surface area contributed by atoms with Crippen LogP contribution < -0.4 is 0 Å². The number of aliphatic hydroxyl groups excluding tert-OH is 1. The van der Waals surface area contributed by atoms with E-state index in [2.05, 4.69) is 0 Å². The number of Topliss-reactive ketones (excluding diaryl/α,β-unsaturated/α-hetero) is 1. The van der Waals surface area contributed by atoms with Crippen LogP contribution in [0.25, 0.3) is 5.57 Å². The summed E-state index contributed by atoms with van der Waals surface area (Å²) in [6.45, 7) is 7.25. The van der Waals surface area contributed by atoms with Gasteiger partial charge in [-0.05, 0) is 44.9 Å². The number of aliphatic hydroxyl groups is 1. The highest BCUT2D eigenvalue weighted by atomic mass is 32.2. The van der Waals surface area contributed by atoms with Gasteiger partial charge in [-0.25, -0.2) is 13.2 Å². The Balaban J connectivity index is 1.78. The lowest BCUT2D eigenvalue weighted by molar-refractivity contribution is -0.345. The molecule has 10 nitrogen and oxygen atoms in total. The minimum Gasteiger partial charge on any atom is -0.487 e. The maximum absolute atomic E-state index is 11.9. The number of benzene rings is 1. The lowest BCUT2D eigenvalue weighted by atomic mass is 9.88. The molecule has 186 valence electrons. The number of hydrogen-bond acceptors (Lipinski definition) is 10. The van der Waals surface area contributed by atoms with Crippen molar-refractivity contribution >= 4 is 27.2 Å². The molecule has 0 aromatic heterocycles. The van der Waals surface area contributed by atoms with Gasteiger partial charge in [0.1, 0.15) is 11.7 Å². The predicted octanol–water partition coefficient (Wildman–Crippen LogP) is 1.35. The number of rotatable bonds is 6. The Morgan fingerprint density at radius 2 is 1.85 bits per heavy atom. The fourth-order valence-corrected chi connectivity index (χ4v) is 4.93. The smallest absolute Gasteiger partial charge is 0.378 e. The Labute approximate surface area is 197 Å². The quantitative estimate of drug-likeness (QED) is 0.454. The van der Waals surface area contributed by atoms with Crippen molar-refractivity contribution in [3.05, 3.63) is 35.6 Å². The number of carbonyl (C=O) groups excluding carboxylic acids is 2. The van der Waals surface area contributed by atoms with Crippen LogP contribution in [0, 0.1) is 0 Å². The number of hydrogen-bond donors (Lipinski definition) is 1. The van der Waals surface area contributed by atoms with Gasteiger partial charge in [0.15, 0.2) is 27.8 Å². The molecule has 1 aromatic carbocycles. The van der Waals surface area contributed by atoms with Gasteiger partial charge in [-0.3, -0.25) is 4.79 Å². The van der Waals surface area contributed by atoms with E-state index < -0.39 is 51.5 Å². The molecule has 0 aliphatic carbocycles. The number of sulfone groups is 1. The zero-order valence-corrected chi connectivity index (χ0v) is 20.4. The summed E-state index contributed by atoms with van der Waals surface area (Å²) in [7, 11) is -3.38. The summed E-state index contributed by atoms with van der Waals surface area (Å²) in [6, 6.07) is 6.34. The highest BCUT2D eigenvalue weighted by Crippen LogP contribution is 2.53. The molecule has 0 radical (unpaired) electrons. The summed E-state index contributed by atoms with van der Waals surface area (Å²) in [4.78, 5) is 23.5. The Bertz CT molecular complexity index is 1140. The maximum atomic E-state index is 11.9. The lowest BCUT2D eigenvalue weighted by Crippen LogP contribution is -2.43. The second-order valence-corrected chi connectivity index (χ2v) is 11.1. The highest BCUT2D eigenvalue weighted by Gasteiger charge is 2.63. The minimum absolute atomic E-state index is 0.132. The van der Waals surface area contributed by atoms with Crippen molar-refractivity contribution in [1.82, 2.24) is 0 Å². The first kappa shape index (κ1) is 24.8. The van der Waals surface area contributed by atoms with Crippen LogP contribution in [0.1, 0.15) is 39.7 Å². The molecule has 3 aliphatic heterocycles. The molecule has 0 saturated carbocycles. The van der Waals surface area contributed by atoms with Crippen molar-refractivity contribution in [2.24, 2.45) is 0 Å². The van der Waals surface area contributed by atoms with E-state index in [1.807, 2.05) is 27.7 Å². The second-order valence-electron chi connectivity index (χ2n) is 9.06. The average Bonchev–Trinajstić information content (AvgIpc) is 3.37. The molecule has 2 unspecified atom stereocenters. The molecule has 4 rings (SSSR count). The molecule has 2 saturated heterocycles. The monoisotopic (exact) mass is 496 g/mol. The Kier molecular flexibility index (Phi) is 6.14. The second kappa shape index (κ2) is 8.42. The van der Waals surface area contributed by atoms with E-state index in [-0.39, 0.29) is 23.4 Å². The summed E-state index contributed by atoms with van der Waals surface area (Å²) < 4.78 is 53.4. The van der Waals surface area contributed by atoms with E-state index in [1.54, 1.807) is 12.1 Å². The van der Waals surface area contributed by atoms with Gasteiger partial charge in [0.2, 0.25) is 0 Å². The zero-order valence-electron chi connectivity index (χ0n) is 19.6. The number of ketones is 1. The molecule has 5 atom stereocenters. The van der Waals surface area contributed by atoms with Gasteiger partial charge in [-0.15, -0.1) is 0 Å². The van der Waals surface area contributed by atoms with Gasteiger partial charge in [-0.1, -0.05) is 19.1 Å². The first-order valence-electron chi connectivity index (χ1n) is 11.0. The van der Waals surface area contributed by atoms with Gasteiger partial charge in [0, 0.05) is 11.8 Å². The molecular weight excluding hydrogens is 468 g/mol. The van der Waals surface area contributed by atoms with Gasteiger partial charge < -0.3 is 28.8 Å². The molecule has 2 fully saturated rings. The summed E-state index contributed by atoms with van der Waals surface area (Å²) in [5, 5.41) is 10.1. The minimum atomic E-state index is -3.38. The topological polar surface area (TPSA) is 135 Å². The number of carbonyl (C=O) groups is 2. The molecule has 1 spiro atoms. The SMILES string of the molecule is CC[C@]1(C)OC2(OC[C@@H]([C@H]3OC(=O)C(=O)C3O)O2)C(OC(C)C)=C1c1ccc(S(C)(=O)=O)cc1. The van der Waals surface area contributed by atoms with Crippen LogP contribution in [0.4, 0.5) is 0 Å². The molecule has 11 heteroatoms. The third-order valence-corrected chi connectivity index (χ3v) is 7.26. The molecule has 3 heterocycles. The van der Waals surface area contributed by atoms with Crippen LogP contribution in [-0.4, -0.2) is 74.1 Å². The highest BCUT2D eigenvalue weighted by molar-refractivity contribution is 7.90. The fraction of sp³-hybridized carbons (Fsp3) is 0.565. The van der Waals surface area contributed by atoms with Gasteiger partial charge in [0.25, 0.3) is 5.78 Å². The number of ether oxygens (including phenoxy) is 5. The number of cyclic esters (lactones) is 1. The Morgan fingerprint density at radius 3 is 2.35 bits per heavy atom. The van der Waals surface area contributed by atoms with Crippen LogP contribution in [0.3, 0.4) is 0 Å². The standard InChI is InChI=1S/C23H28O10S/c1-6-22(4)16(13-7-9-14(10-8-13)34(5,27)28)20(30-12(2)3)23(33-22)29-11-15(32-23)19-17(24)18(25)21(26)31-19/h7-10,12,15,17,19,24H,6,11H2,1-5H3/t15-,17?,19+,22-,23?/m0/s1. The molecule has 1 aromatic rings. The zero-order chi connectivity index (χ0) is 25.1. The molecular formula is C23H28O10S. The van der Waals surface area contributed by atoms with Crippen LogP contribution in [0.2, 0.25) is 0 Å². The van der Waals surface area contributed by atoms with E-state index in [4.69, 9.17) is 23.7 Å². The normalized spacial score (nSPS) is 33.9. The Hall–Kier alpha value is -2.31. The van der Waals surface area contributed by atoms with Crippen LogP contribution >= 0.6 is 0 Å². The van der Waals surface area contributed by atoms with Crippen LogP contribution in [0.5, 0.6) is 0 Å². The lowest BCUT2D eigenvalue weighted by Gasteiger charge is -2.31. The largest absolute Gasteiger partial charge is 0.487 e. The maximum Gasteiger partial charge on any atom is 0.378 e. The van der Waals surface area contributed by atoms with Crippen molar-refractivity contribution < 1.29 is 46.8 Å². The molecule has 34 heavy (non-hydrogen) atoms. The van der Waals surface area contributed by atoms with Crippen molar-refractivity contribution in [3.8, 4) is 0 Å². The predicted molar refractivity (Wildman–Crippen MR) is 117 cm³/mol. The van der Waals surface area contributed by atoms with E-state index in [0.29, 0.717) is 17.6 Å². The Morgan fingerprint density at radius 1 is 1.21 bits per heavy atom. The first-order valence-corrected chi connectivity index (χ1v) is 12.9. The third kappa shape index (κ3) is 4.05. The van der Waals surface area contributed by atoms with Crippen molar-refractivity contribution in [3.63, 3.8) is 0 Å². The van der Waals surface area contributed by atoms with E-state index in [0.717, 1.165) is 6.26 Å². The summed E-state index contributed by atoms with van der Waals surface area (Å²) in [6.07, 6.45) is -2.58. The van der Waals surface area contributed by atoms with Crippen molar-refractivity contribution in [2.75, 3.05) is 12.9 Å². The summed E-state index contributed by atoms with van der Waals surface area (Å²) >= 11 is 0. The van der Waals surface area contributed by atoms with Crippen molar-refractivity contribution in [2.45, 2.75) is 75.0 Å². The molecule has 0 amide bonds. The summed E-state index contributed by atoms with van der Waals surface area (Å²) in [5.41, 5.74) is 0.318.